The highest BCUT2D eigenvalue weighted by molar-refractivity contribution is 5.93. The zero-order valence-corrected chi connectivity index (χ0v) is 20.0. The molecule has 0 radical (unpaired) electrons. The highest BCUT2D eigenvalue weighted by atomic mass is 16.5. The number of hydrogen-bond acceptors (Lipinski definition) is 7. The first-order valence-corrected chi connectivity index (χ1v) is 11.4. The molecule has 34 heavy (non-hydrogen) atoms. The van der Waals surface area contributed by atoms with Crippen molar-refractivity contribution in [2.24, 2.45) is 15.9 Å². The van der Waals surface area contributed by atoms with E-state index >= 15 is 0 Å². The van der Waals surface area contributed by atoms with Gasteiger partial charge in [-0.2, -0.15) is 0 Å². The smallest absolute Gasteiger partial charge is 0.255 e. The molecule has 3 heterocycles. The summed E-state index contributed by atoms with van der Waals surface area (Å²) in [7, 11) is 4.70. The quantitative estimate of drug-likeness (QED) is 0.628. The van der Waals surface area contributed by atoms with Crippen molar-refractivity contribution in [2.75, 3.05) is 47.5 Å². The van der Waals surface area contributed by atoms with Crippen molar-refractivity contribution in [3.63, 3.8) is 0 Å². The maximum atomic E-state index is 13.0. The lowest BCUT2D eigenvalue weighted by Gasteiger charge is -2.31. The average molecular weight is 470 g/mol. The van der Waals surface area contributed by atoms with Crippen LogP contribution >= 0.6 is 0 Å². The number of fused-ring (bicyclic) bond motifs is 1. The number of aromatic nitrogens is 1. The van der Waals surface area contributed by atoms with Gasteiger partial charge in [0.05, 0.1) is 39.5 Å². The number of nitrogens with one attached hydrogen (secondary N) is 2. The maximum absolute atomic E-state index is 13.0. The number of likely N-dealkylation sites (tertiary alicyclic amines) is 1. The normalized spacial score (nSPS) is 17.8. The first kappa shape index (κ1) is 23.6. The van der Waals surface area contributed by atoms with E-state index in [-0.39, 0.29) is 17.9 Å². The SMILES string of the molecule is COc1cc(C2CN=c3[nH]cc(C(=O)NCC4CCN(C(C)=O)CC4)c3=N2)cc(OC)c1OC. The van der Waals surface area contributed by atoms with Gasteiger partial charge in [0.15, 0.2) is 17.0 Å². The third-order valence-electron chi connectivity index (χ3n) is 6.47. The summed E-state index contributed by atoms with van der Waals surface area (Å²) in [5, 5.41) is 3.58. The van der Waals surface area contributed by atoms with E-state index in [9.17, 15) is 9.59 Å². The molecule has 0 aliphatic carbocycles. The minimum atomic E-state index is -0.292. The molecule has 10 heteroatoms. The second-order valence-electron chi connectivity index (χ2n) is 8.50. The number of benzene rings is 1. The first-order valence-electron chi connectivity index (χ1n) is 11.4. The molecular formula is C24H31N5O5. The average Bonchev–Trinajstić information content (AvgIpc) is 3.30. The summed E-state index contributed by atoms with van der Waals surface area (Å²) >= 11 is 0. The van der Waals surface area contributed by atoms with Crippen LogP contribution in [0.2, 0.25) is 0 Å². The van der Waals surface area contributed by atoms with Gasteiger partial charge in [-0.15, -0.1) is 0 Å². The summed E-state index contributed by atoms with van der Waals surface area (Å²) in [5.41, 5.74) is 1.93. The number of amides is 2. The molecular weight excluding hydrogens is 438 g/mol. The van der Waals surface area contributed by atoms with E-state index in [0.29, 0.717) is 52.7 Å². The molecule has 0 saturated carbocycles. The van der Waals surface area contributed by atoms with Crippen LogP contribution in [0.25, 0.3) is 0 Å². The van der Waals surface area contributed by atoms with Crippen LogP contribution in [0.15, 0.2) is 28.3 Å². The fourth-order valence-electron chi connectivity index (χ4n) is 4.46. The van der Waals surface area contributed by atoms with Gasteiger partial charge in [-0.05, 0) is 36.5 Å². The van der Waals surface area contributed by atoms with Crippen LogP contribution in [0.1, 0.15) is 41.7 Å². The van der Waals surface area contributed by atoms with Crippen LogP contribution in [0.4, 0.5) is 0 Å². The van der Waals surface area contributed by atoms with Crippen LogP contribution in [0, 0.1) is 5.92 Å². The number of aromatic amines is 1. The molecule has 1 aromatic carbocycles. The minimum absolute atomic E-state index is 0.105. The van der Waals surface area contributed by atoms with E-state index < -0.39 is 0 Å². The van der Waals surface area contributed by atoms with Crippen molar-refractivity contribution in [3.8, 4) is 17.2 Å². The van der Waals surface area contributed by atoms with Gasteiger partial charge in [-0.25, -0.2) is 0 Å². The molecule has 2 aromatic rings. The van der Waals surface area contributed by atoms with Crippen LogP contribution in [-0.4, -0.2) is 69.2 Å². The number of methoxy groups -OCH3 is 3. The molecule has 2 aliphatic heterocycles. The molecule has 1 fully saturated rings. The number of carbonyl (C=O) groups is 2. The molecule has 1 saturated heterocycles. The molecule has 1 atom stereocenters. The summed E-state index contributed by atoms with van der Waals surface area (Å²) in [6, 6.07) is 3.42. The van der Waals surface area contributed by atoms with Gasteiger partial charge in [0.1, 0.15) is 5.36 Å². The number of hydrogen-bond donors (Lipinski definition) is 2. The number of ether oxygens (including phenoxy) is 3. The van der Waals surface area contributed by atoms with Gasteiger partial charge in [0.2, 0.25) is 11.7 Å². The van der Waals surface area contributed by atoms with Crippen molar-refractivity contribution >= 4 is 11.8 Å². The van der Waals surface area contributed by atoms with Gasteiger partial charge in [0, 0.05) is 32.8 Å². The molecule has 10 nitrogen and oxygen atoms in total. The lowest BCUT2D eigenvalue weighted by molar-refractivity contribution is -0.130. The summed E-state index contributed by atoms with van der Waals surface area (Å²) < 4.78 is 16.3. The van der Waals surface area contributed by atoms with E-state index in [1.165, 1.54) is 0 Å². The summed E-state index contributed by atoms with van der Waals surface area (Å²) in [6.07, 6.45) is 3.42. The predicted octanol–water partition coefficient (Wildman–Crippen LogP) is 1.02. The van der Waals surface area contributed by atoms with Crippen molar-refractivity contribution in [3.05, 3.63) is 40.3 Å². The van der Waals surface area contributed by atoms with Crippen LogP contribution in [0.3, 0.4) is 0 Å². The number of carbonyl (C=O) groups excluding carboxylic acids is 2. The van der Waals surface area contributed by atoms with Crippen molar-refractivity contribution in [1.82, 2.24) is 15.2 Å². The Hall–Kier alpha value is -3.56. The Balaban J connectivity index is 1.51. The molecule has 2 N–H and O–H groups in total. The van der Waals surface area contributed by atoms with Gasteiger partial charge in [-0.1, -0.05) is 0 Å². The van der Waals surface area contributed by atoms with E-state index in [1.54, 1.807) is 34.4 Å². The fourth-order valence-corrected chi connectivity index (χ4v) is 4.46. The Morgan fingerprint density at radius 2 is 1.79 bits per heavy atom. The zero-order valence-electron chi connectivity index (χ0n) is 20.0. The number of H-pyrrole nitrogens is 1. The third-order valence-corrected chi connectivity index (χ3v) is 6.47. The lowest BCUT2D eigenvalue weighted by Crippen LogP contribution is -2.41. The molecule has 0 spiro atoms. The van der Waals surface area contributed by atoms with Gasteiger partial charge in [-0.3, -0.25) is 19.6 Å². The Morgan fingerprint density at radius 3 is 2.38 bits per heavy atom. The summed E-state index contributed by atoms with van der Waals surface area (Å²) in [5.74, 6) is 1.87. The minimum Gasteiger partial charge on any atom is -0.493 e. The van der Waals surface area contributed by atoms with Crippen LogP contribution < -0.4 is 30.4 Å². The van der Waals surface area contributed by atoms with E-state index in [2.05, 4.69) is 15.3 Å². The predicted molar refractivity (Wildman–Crippen MR) is 124 cm³/mol. The number of piperidine rings is 1. The lowest BCUT2D eigenvalue weighted by atomic mass is 9.96. The first-order chi connectivity index (χ1) is 16.4. The molecule has 4 rings (SSSR count). The molecule has 182 valence electrons. The number of rotatable bonds is 7. The Kier molecular flexibility index (Phi) is 7.04. The Labute approximate surface area is 198 Å². The standard InChI is InChI=1S/C24H31N5O5/c1-14(30)29-7-5-15(6-8-29)11-27-24(31)17-12-25-23-21(17)28-18(13-26-23)16-9-19(32-2)22(34-4)20(10-16)33-3/h9-10,12,15,18H,5-8,11,13H2,1-4H3,(H,25,26)(H,27,31). The monoisotopic (exact) mass is 469 g/mol. The van der Waals surface area contributed by atoms with Gasteiger partial charge < -0.3 is 29.4 Å². The van der Waals surface area contributed by atoms with Crippen LogP contribution in [-0.2, 0) is 4.79 Å². The highest BCUT2D eigenvalue weighted by Gasteiger charge is 2.24. The van der Waals surface area contributed by atoms with Crippen molar-refractivity contribution in [2.45, 2.75) is 25.8 Å². The van der Waals surface area contributed by atoms with E-state index in [0.717, 1.165) is 31.5 Å². The Bertz CT molecular complexity index is 1160. The van der Waals surface area contributed by atoms with Gasteiger partial charge in [0.25, 0.3) is 5.91 Å². The third kappa shape index (κ3) is 4.71. The Morgan fingerprint density at radius 1 is 1.12 bits per heavy atom. The second-order valence-corrected chi connectivity index (χ2v) is 8.50. The second kappa shape index (κ2) is 10.1. The largest absolute Gasteiger partial charge is 0.493 e. The summed E-state index contributed by atoms with van der Waals surface area (Å²) in [4.78, 5) is 38.8. The molecule has 0 bridgehead atoms. The molecule has 1 aromatic heterocycles. The van der Waals surface area contributed by atoms with Crippen LogP contribution in [0.5, 0.6) is 17.2 Å². The highest BCUT2D eigenvalue weighted by Crippen LogP contribution is 2.40. The van der Waals surface area contributed by atoms with Crippen molar-refractivity contribution < 1.29 is 23.8 Å². The van der Waals surface area contributed by atoms with Crippen molar-refractivity contribution in [1.29, 1.82) is 0 Å². The topological polar surface area (TPSA) is 118 Å². The number of nitrogens with zero attached hydrogens (tertiary/aromatic N) is 3. The molecule has 2 amide bonds. The van der Waals surface area contributed by atoms with Gasteiger partial charge >= 0.3 is 0 Å². The molecule has 2 aliphatic rings. The maximum Gasteiger partial charge on any atom is 0.255 e. The summed E-state index contributed by atoms with van der Waals surface area (Å²) in [6.45, 7) is 4.07. The molecule has 1 unspecified atom stereocenters. The van der Waals surface area contributed by atoms with E-state index in [1.807, 2.05) is 17.0 Å². The zero-order chi connectivity index (χ0) is 24.2. The van der Waals surface area contributed by atoms with E-state index in [4.69, 9.17) is 19.2 Å². The fraction of sp³-hybridized carbons (Fsp3) is 0.500.